The Balaban J connectivity index is 0.000000606. The van der Waals surface area contributed by atoms with Crippen molar-refractivity contribution in [3.05, 3.63) is 60.7 Å². The Morgan fingerprint density at radius 1 is 0.562 bits per heavy atom. The van der Waals surface area contributed by atoms with Crippen LogP contribution in [-0.2, 0) is 0 Å². The molecule has 0 saturated carbocycles. The van der Waals surface area contributed by atoms with Gasteiger partial charge in [0, 0.05) is 9.79 Å². The zero-order chi connectivity index (χ0) is 11.6. The van der Waals surface area contributed by atoms with Gasteiger partial charge in [0.1, 0.15) is 0 Å². The molecule has 0 heterocycles. The first kappa shape index (κ1) is 13.2. The lowest BCUT2D eigenvalue weighted by Gasteiger charge is -1.99. The van der Waals surface area contributed by atoms with Gasteiger partial charge in [-0.25, -0.2) is 0 Å². The van der Waals surface area contributed by atoms with Crippen LogP contribution in [0.3, 0.4) is 0 Å². The van der Waals surface area contributed by atoms with E-state index >= 15 is 0 Å². The molecule has 2 aromatic rings. The molecule has 0 spiro atoms. The molecule has 2 aromatic carbocycles. The van der Waals surface area contributed by atoms with Gasteiger partial charge in [0.2, 0.25) is 0 Å². The highest BCUT2D eigenvalue weighted by Gasteiger charge is 1.94. The molecule has 0 N–H and O–H groups in total. The van der Waals surface area contributed by atoms with E-state index in [9.17, 15) is 0 Å². The Hall–Kier alpha value is -0.860. The van der Waals surface area contributed by atoms with Crippen molar-refractivity contribution in [2.75, 3.05) is 0 Å². The molecule has 0 radical (unpaired) electrons. The van der Waals surface area contributed by atoms with Gasteiger partial charge >= 0.3 is 0 Å². The van der Waals surface area contributed by atoms with Gasteiger partial charge in [0.05, 0.1) is 0 Å². The van der Waals surface area contributed by atoms with Crippen LogP contribution < -0.4 is 0 Å². The maximum absolute atomic E-state index is 2.13. The summed E-state index contributed by atoms with van der Waals surface area (Å²) in [7, 11) is 3.58. The molecule has 0 unspecified atom stereocenters. The first-order valence-electron chi connectivity index (χ1n) is 5.40. The molecule has 0 atom stereocenters. The van der Waals surface area contributed by atoms with Crippen LogP contribution in [0.25, 0.3) is 0 Å². The Bertz CT molecular complexity index is 331. The summed E-state index contributed by atoms with van der Waals surface area (Å²) in [5, 5.41) is 0. The minimum absolute atomic E-state index is 1.29. The topological polar surface area (TPSA) is 0 Å². The van der Waals surface area contributed by atoms with Crippen LogP contribution in [0, 0.1) is 0 Å². The van der Waals surface area contributed by atoms with Gasteiger partial charge in [0.15, 0.2) is 0 Å². The van der Waals surface area contributed by atoms with Crippen LogP contribution in [0.5, 0.6) is 0 Å². The van der Waals surface area contributed by atoms with Gasteiger partial charge in [-0.15, -0.1) is 0 Å². The standard InChI is InChI=1S/C12H10S2.C2H6/c1-3-7-11(8-4-1)13-14-12-9-5-2-6-10-12;1-2/h1-10H;1-2H3. The van der Waals surface area contributed by atoms with Crippen molar-refractivity contribution in [3.8, 4) is 0 Å². The molecule has 0 amide bonds. The van der Waals surface area contributed by atoms with Gasteiger partial charge in [-0.3, -0.25) is 0 Å². The molecule has 0 aliphatic rings. The second-order valence-electron chi connectivity index (χ2n) is 2.79. The largest absolute Gasteiger partial charge is 0.0683 e. The molecular weight excluding hydrogens is 232 g/mol. The first-order valence-corrected chi connectivity index (χ1v) is 7.55. The van der Waals surface area contributed by atoms with E-state index in [-0.39, 0.29) is 0 Å². The predicted octanol–water partition coefficient (Wildman–Crippen LogP) is 5.51. The second-order valence-corrected chi connectivity index (χ2v) is 5.07. The third kappa shape index (κ3) is 4.77. The summed E-state index contributed by atoms with van der Waals surface area (Å²) in [6.45, 7) is 4.00. The Morgan fingerprint density at radius 2 is 0.875 bits per heavy atom. The Morgan fingerprint density at radius 3 is 1.19 bits per heavy atom. The zero-order valence-electron chi connectivity index (χ0n) is 9.59. The van der Waals surface area contributed by atoms with E-state index in [4.69, 9.17) is 0 Å². The van der Waals surface area contributed by atoms with Gasteiger partial charge in [-0.05, 0) is 24.3 Å². The molecule has 0 aliphatic carbocycles. The third-order valence-electron chi connectivity index (χ3n) is 1.72. The summed E-state index contributed by atoms with van der Waals surface area (Å²) in [4.78, 5) is 2.59. The van der Waals surface area contributed by atoms with Crippen molar-refractivity contribution in [3.63, 3.8) is 0 Å². The Kier molecular flexibility index (Phi) is 6.86. The van der Waals surface area contributed by atoms with Crippen molar-refractivity contribution in [1.29, 1.82) is 0 Å². The predicted molar refractivity (Wildman–Crippen MR) is 75.9 cm³/mol. The molecule has 0 bridgehead atoms. The minimum atomic E-state index is 1.29. The van der Waals surface area contributed by atoms with Crippen LogP contribution in [0.1, 0.15) is 13.8 Å². The summed E-state index contributed by atoms with van der Waals surface area (Å²) < 4.78 is 0. The van der Waals surface area contributed by atoms with Crippen LogP contribution >= 0.6 is 21.6 Å². The number of rotatable bonds is 3. The van der Waals surface area contributed by atoms with E-state index in [1.165, 1.54) is 9.79 Å². The van der Waals surface area contributed by atoms with Gasteiger partial charge < -0.3 is 0 Å². The van der Waals surface area contributed by atoms with Crippen LogP contribution in [0.15, 0.2) is 70.5 Å². The van der Waals surface area contributed by atoms with E-state index in [2.05, 4.69) is 48.5 Å². The van der Waals surface area contributed by atoms with E-state index in [0.717, 1.165) is 0 Å². The number of benzene rings is 2. The molecule has 2 rings (SSSR count). The van der Waals surface area contributed by atoms with Crippen molar-refractivity contribution in [2.24, 2.45) is 0 Å². The quantitative estimate of drug-likeness (QED) is 0.657. The highest BCUT2D eigenvalue weighted by atomic mass is 33.1. The van der Waals surface area contributed by atoms with Crippen LogP contribution in [0.2, 0.25) is 0 Å². The average Bonchev–Trinajstić information content (AvgIpc) is 2.41. The lowest BCUT2D eigenvalue weighted by Crippen LogP contribution is -1.67. The molecule has 16 heavy (non-hydrogen) atoms. The fourth-order valence-corrected chi connectivity index (χ4v) is 3.02. The molecule has 2 heteroatoms. The second kappa shape index (κ2) is 8.31. The summed E-state index contributed by atoms with van der Waals surface area (Å²) in [6, 6.07) is 20.8. The molecule has 0 aromatic heterocycles. The number of hydrogen-bond donors (Lipinski definition) is 0. The summed E-state index contributed by atoms with van der Waals surface area (Å²) in [5.41, 5.74) is 0. The Labute approximate surface area is 106 Å². The normalized spacial score (nSPS) is 9.12. The third-order valence-corrected chi connectivity index (χ3v) is 4.14. The molecular formula is C14H16S2. The van der Waals surface area contributed by atoms with E-state index in [0.29, 0.717) is 0 Å². The summed E-state index contributed by atoms with van der Waals surface area (Å²) in [5.74, 6) is 0. The molecule has 0 fully saturated rings. The fraction of sp³-hybridized carbons (Fsp3) is 0.143. The van der Waals surface area contributed by atoms with Gasteiger partial charge in [0.25, 0.3) is 0 Å². The highest BCUT2D eigenvalue weighted by Crippen LogP contribution is 2.36. The van der Waals surface area contributed by atoms with Crippen LogP contribution in [-0.4, -0.2) is 0 Å². The maximum Gasteiger partial charge on any atom is 0.0186 e. The van der Waals surface area contributed by atoms with Crippen LogP contribution in [0.4, 0.5) is 0 Å². The minimum Gasteiger partial charge on any atom is -0.0683 e. The summed E-state index contributed by atoms with van der Waals surface area (Å²) >= 11 is 0. The van der Waals surface area contributed by atoms with E-state index < -0.39 is 0 Å². The zero-order valence-corrected chi connectivity index (χ0v) is 11.2. The van der Waals surface area contributed by atoms with E-state index in [1.54, 1.807) is 21.6 Å². The fourth-order valence-electron chi connectivity index (χ4n) is 1.05. The lowest BCUT2D eigenvalue weighted by atomic mass is 10.4. The molecule has 0 saturated heterocycles. The first-order chi connectivity index (χ1) is 7.95. The lowest BCUT2D eigenvalue weighted by molar-refractivity contribution is 1.47. The maximum atomic E-state index is 2.13. The van der Waals surface area contributed by atoms with Gasteiger partial charge in [-0.1, -0.05) is 71.8 Å². The SMILES string of the molecule is CC.c1ccc(SSc2ccccc2)cc1. The molecule has 84 valence electrons. The monoisotopic (exact) mass is 248 g/mol. The van der Waals surface area contributed by atoms with E-state index in [1.807, 2.05) is 26.0 Å². The van der Waals surface area contributed by atoms with Crippen molar-refractivity contribution >= 4 is 21.6 Å². The van der Waals surface area contributed by atoms with Crippen molar-refractivity contribution in [2.45, 2.75) is 23.6 Å². The molecule has 0 nitrogen and oxygen atoms in total. The van der Waals surface area contributed by atoms with Gasteiger partial charge in [-0.2, -0.15) is 0 Å². The highest BCUT2D eigenvalue weighted by molar-refractivity contribution is 8.76. The van der Waals surface area contributed by atoms with Crippen molar-refractivity contribution in [1.82, 2.24) is 0 Å². The van der Waals surface area contributed by atoms with Crippen molar-refractivity contribution < 1.29 is 0 Å². The molecule has 0 aliphatic heterocycles. The number of hydrogen-bond acceptors (Lipinski definition) is 2. The summed E-state index contributed by atoms with van der Waals surface area (Å²) in [6.07, 6.45) is 0. The smallest absolute Gasteiger partial charge is 0.0186 e. The average molecular weight is 248 g/mol.